The number of likely N-dealkylation sites (N-methyl/N-ethyl adjacent to an activating group) is 1. The molecular formula is C12H18ClN3. The number of anilines is 2. The average Bonchev–Trinajstić information content (AvgIpc) is 2.66. The molecule has 3 N–H and O–H groups in total. The summed E-state index contributed by atoms with van der Waals surface area (Å²) >= 11 is 5.93. The first-order chi connectivity index (χ1) is 7.66. The van der Waals surface area contributed by atoms with Crippen molar-refractivity contribution in [3.63, 3.8) is 0 Å². The van der Waals surface area contributed by atoms with Crippen LogP contribution in [0.15, 0.2) is 18.2 Å². The molecule has 0 aliphatic carbocycles. The fraction of sp³-hybridized carbons (Fsp3) is 0.500. The van der Waals surface area contributed by atoms with Crippen molar-refractivity contribution >= 4 is 23.0 Å². The number of nitrogens with two attached hydrogens (primary N) is 1. The van der Waals surface area contributed by atoms with Crippen LogP contribution < -0.4 is 11.1 Å². The van der Waals surface area contributed by atoms with E-state index in [1.54, 1.807) is 0 Å². The second-order valence-corrected chi connectivity index (χ2v) is 4.83. The molecule has 1 aliphatic rings. The van der Waals surface area contributed by atoms with E-state index in [9.17, 15) is 0 Å². The van der Waals surface area contributed by atoms with E-state index < -0.39 is 0 Å². The van der Waals surface area contributed by atoms with Gasteiger partial charge in [-0.2, -0.15) is 0 Å². The van der Waals surface area contributed by atoms with Crippen LogP contribution in [0.3, 0.4) is 0 Å². The van der Waals surface area contributed by atoms with E-state index in [0.717, 1.165) is 22.9 Å². The van der Waals surface area contributed by atoms with Crippen LogP contribution in [0.4, 0.5) is 11.4 Å². The van der Waals surface area contributed by atoms with Crippen molar-refractivity contribution in [1.29, 1.82) is 0 Å². The number of hydrogen-bond donors (Lipinski definition) is 2. The second-order valence-electron chi connectivity index (χ2n) is 4.39. The Morgan fingerprint density at radius 1 is 1.56 bits per heavy atom. The molecule has 1 saturated heterocycles. The molecule has 0 spiro atoms. The van der Waals surface area contributed by atoms with Crippen molar-refractivity contribution in [3.05, 3.63) is 23.2 Å². The highest BCUT2D eigenvalue weighted by Gasteiger charge is 2.20. The normalized spacial score (nSPS) is 21.2. The molecule has 16 heavy (non-hydrogen) atoms. The molecule has 1 unspecified atom stereocenters. The molecule has 0 saturated carbocycles. The summed E-state index contributed by atoms with van der Waals surface area (Å²) < 4.78 is 0. The van der Waals surface area contributed by atoms with Crippen LogP contribution in [0.5, 0.6) is 0 Å². The average molecular weight is 240 g/mol. The lowest BCUT2D eigenvalue weighted by atomic mass is 10.2. The molecule has 3 nitrogen and oxygen atoms in total. The molecule has 2 rings (SSSR count). The molecule has 0 amide bonds. The monoisotopic (exact) mass is 239 g/mol. The Balaban J connectivity index is 1.96. The molecule has 1 fully saturated rings. The number of nitrogens with zero attached hydrogens (tertiary/aromatic N) is 1. The van der Waals surface area contributed by atoms with Crippen molar-refractivity contribution < 1.29 is 0 Å². The molecule has 0 bridgehead atoms. The SMILES string of the molecule is CN1CCCC1CNc1cc(Cl)ccc1N. The van der Waals surface area contributed by atoms with E-state index in [4.69, 9.17) is 17.3 Å². The summed E-state index contributed by atoms with van der Waals surface area (Å²) in [5.41, 5.74) is 7.57. The first kappa shape index (κ1) is 11.6. The van der Waals surface area contributed by atoms with Gasteiger partial charge in [0.05, 0.1) is 11.4 Å². The number of nitrogens with one attached hydrogen (secondary N) is 1. The van der Waals surface area contributed by atoms with Crippen molar-refractivity contribution in [2.45, 2.75) is 18.9 Å². The van der Waals surface area contributed by atoms with E-state index in [-0.39, 0.29) is 0 Å². The van der Waals surface area contributed by atoms with Crippen LogP contribution in [-0.2, 0) is 0 Å². The molecule has 1 aliphatic heterocycles. The van der Waals surface area contributed by atoms with Gasteiger partial charge in [-0.25, -0.2) is 0 Å². The van der Waals surface area contributed by atoms with Gasteiger partial charge in [-0.05, 0) is 44.6 Å². The molecule has 1 aromatic rings. The maximum atomic E-state index is 5.93. The Kier molecular flexibility index (Phi) is 3.56. The van der Waals surface area contributed by atoms with Crippen LogP contribution >= 0.6 is 11.6 Å². The number of halogens is 1. The van der Waals surface area contributed by atoms with Gasteiger partial charge >= 0.3 is 0 Å². The molecule has 1 atom stereocenters. The van der Waals surface area contributed by atoms with Crippen LogP contribution in [0, 0.1) is 0 Å². The lowest BCUT2D eigenvalue weighted by Gasteiger charge is -2.20. The van der Waals surface area contributed by atoms with E-state index in [1.165, 1.54) is 19.4 Å². The topological polar surface area (TPSA) is 41.3 Å². The molecule has 4 heteroatoms. The van der Waals surface area contributed by atoms with Gasteiger partial charge in [-0.1, -0.05) is 11.6 Å². The number of rotatable bonds is 3. The highest BCUT2D eigenvalue weighted by molar-refractivity contribution is 6.31. The van der Waals surface area contributed by atoms with E-state index in [0.29, 0.717) is 6.04 Å². The zero-order valence-corrected chi connectivity index (χ0v) is 10.3. The minimum atomic E-state index is 0.610. The summed E-state index contributed by atoms with van der Waals surface area (Å²) in [6.07, 6.45) is 2.54. The highest BCUT2D eigenvalue weighted by atomic mass is 35.5. The van der Waals surface area contributed by atoms with Gasteiger partial charge in [0.2, 0.25) is 0 Å². The van der Waals surface area contributed by atoms with Gasteiger partial charge in [-0.15, -0.1) is 0 Å². The summed E-state index contributed by atoms with van der Waals surface area (Å²) in [5, 5.41) is 4.09. The molecule has 88 valence electrons. The molecule has 1 aromatic carbocycles. The van der Waals surface area contributed by atoms with E-state index in [1.807, 2.05) is 18.2 Å². The van der Waals surface area contributed by atoms with E-state index >= 15 is 0 Å². The third kappa shape index (κ3) is 2.60. The van der Waals surface area contributed by atoms with E-state index in [2.05, 4.69) is 17.3 Å². The van der Waals surface area contributed by atoms with Gasteiger partial charge in [0.15, 0.2) is 0 Å². The molecule has 1 heterocycles. The first-order valence-electron chi connectivity index (χ1n) is 5.66. The number of hydrogen-bond acceptors (Lipinski definition) is 3. The minimum Gasteiger partial charge on any atom is -0.397 e. The quantitative estimate of drug-likeness (QED) is 0.797. The zero-order chi connectivity index (χ0) is 11.5. The first-order valence-corrected chi connectivity index (χ1v) is 6.04. The Labute approximate surface area is 102 Å². The predicted octanol–water partition coefficient (Wildman–Crippen LogP) is 2.43. The predicted molar refractivity (Wildman–Crippen MR) is 70.0 cm³/mol. The lowest BCUT2D eigenvalue weighted by molar-refractivity contribution is 0.322. The van der Waals surface area contributed by atoms with Crippen molar-refractivity contribution in [3.8, 4) is 0 Å². The largest absolute Gasteiger partial charge is 0.397 e. The summed E-state index contributed by atoms with van der Waals surface area (Å²) in [6, 6.07) is 6.14. The van der Waals surface area contributed by atoms with Gasteiger partial charge in [-0.3, -0.25) is 0 Å². The maximum absolute atomic E-state index is 5.93. The summed E-state index contributed by atoms with van der Waals surface area (Å²) in [7, 11) is 2.17. The maximum Gasteiger partial charge on any atom is 0.0589 e. The Morgan fingerprint density at radius 3 is 3.06 bits per heavy atom. The fourth-order valence-corrected chi connectivity index (χ4v) is 2.32. The van der Waals surface area contributed by atoms with Crippen molar-refractivity contribution in [2.24, 2.45) is 0 Å². The smallest absolute Gasteiger partial charge is 0.0589 e. The zero-order valence-electron chi connectivity index (χ0n) is 9.54. The molecule has 0 radical (unpaired) electrons. The molecular weight excluding hydrogens is 222 g/mol. The summed E-state index contributed by atoms with van der Waals surface area (Å²) in [4.78, 5) is 2.38. The number of likely N-dealkylation sites (tertiary alicyclic amines) is 1. The molecule has 0 aromatic heterocycles. The number of nitrogen functional groups attached to an aromatic ring is 1. The second kappa shape index (κ2) is 4.93. The Hall–Kier alpha value is -0.930. The third-order valence-corrected chi connectivity index (χ3v) is 3.45. The van der Waals surface area contributed by atoms with Gasteiger partial charge in [0.25, 0.3) is 0 Å². The van der Waals surface area contributed by atoms with Gasteiger partial charge in [0, 0.05) is 17.6 Å². The van der Waals surface area contributed by atoms with Crippen LogP contribution in [0.1, 0.15) is 12.8 Å². The Bertz CT molecular complexity index is 367. The fourth-order valence-electron chi connectivity index (χ4n) is 2.15. The summed E-state index contributed by atoms with van der Waals surface area (Å²) in [5.74, 6) is 0. The number of benzene rings is 1. The van der Waals surface area contributed by atoms with Gasteiger partial charge < -0.3 is 16.0 Å². The van der Waals surface area contributed by atoms with Crippen molar-refractivity contribution in [1.82, 2.24) is 4.90 Å². The van der Waals surface area contributed by atoms with Crippen molar-refractivity contribution in [2.75, 3.05) is 31.2 Å². The van der Waals surface area contributed by atoms with Crippen LogP contribution in [0.2, 0.25) is 5.02 Å². The standard InChI is InChI=1S/C12H18ClN3/c1-16-6-2-3-10(16)8-15-12-7-9(13)4-5-11(12)14/h4-5,7,10,15H,2-3,6,8,14H2,1H3. The third-order valence-electron chi connectivity index (χ3n) is 3.21. The van der Waals surface area contributed by atoms with Crippen LogP contribution in [-0.4, -0.2) is 31.1 Å². The lowest BCUT2D eigenvalue weighted by Crippen LogP contribution is -2.31. The minimum absolute atomic E-state index is 0.610. The Morgan fingerprint density at radius 2 is 2.38 bits per heavy atom. The highest BCUT2D eigenvalue weighted by Crippen LogP contribution is 2.24. The summed E-state index contributed by atoms with van der Waals surface area (Å²) in [6.45, 7) is 2.12. The van der Waals surface area contributed by atoms with Gasteiger partial charge in [0.1, 0.15) is 0 Å². The van der Waals surface area contributed by atoms with Crippen LogP contribution in [0.25, 0.3) is 0 Å².